The highest BCUT2D eigenvalue weighted by Crippen LogP contribution is 2.29. The fraction of sp³-hybridized carbons (Fsp3) is 0.200. The highest BCUT2D eigenvalue weighted by atomic mass is 32.2. The van der Waals surface area contributed by atoms with Gasteiger partial charge in [0.15, 0.2) is 0 Å². The number of hydrogen-bond acceptors (Lipinski definition) is 3. The molecular weight excluding hydrogens is 257 g/mol. The van der Waals surface area contributed by atoms with Gasteiger partial charge in [0.1, 0.15) is 0 Å². The highest BCUT2D eigenvalue weighted by molar-refractivity contribution is 7.88. The Kier molecular flexibility index (Phi) is 4.07. The first kappa shape index (κ1) is 13.9. The number of aliphatic hydroxyl groups is 2. The number of hydrogen-bond donors (Lipinski definition) is 2. The van der Waals surface area contributed by atoms with Crippen LogP contribution in [0.4, 0.5) is 13.2 Å². The first-order valence-corrected chi connectivity index (χ1v) is 5.62. The molecule has 0 aliphatic carbocycles. The number of halogens is 3. The van der Waals surface area contributed by atoms with E-state index in [0.717, 1.165) is 0 Å². The minimum atomic E-state index is -5.23. The molecule has 0 bridgehead atoms. The summed E-state index contributed by atoms with van der Waals surface area (Å²) >= 11 is 0. The van der Waals surface area contributed by atoms with Crippen molar-refractivity contribution in [1.29, 1.82) is 0 Å². The van der Waals surface area contributed by atoms with E-state index >= 15 is 0 Å². The molecule has 0 aliphatic heterocycles. The zero-order valence-electron chi connectivity index (χ0n) is 8.39. The van der Waals surface area contributed by atoms with Gasteiger partial charge in [-0.05, 0) is 18.2 Å². The smallest absolute Gasteiger partial charge is 0.355 e. The monoisotopic (exact) mass is 266 g/mol. The van der Waals surface area contributed by atoms with Crippen LogP contribution < -0.4 is 0 Å². The lowest BCUT2D eigenvalue weighted by Crippen LogP contribution is -2.43. The molecule has 1 rings (SSSR count). The second-order valence-corrected chi connectivity index (χ2v) is 4.48. The van der Waals surface area contributed by atoms with Crippen molar-refractivity contribution in [1.82, 2.24) is 0 Å². The quantitative estimate of drug-likeness (QED) is 0.816. The molecule has 7 heteroatoms. The second-order valence-electron chi connectivity index (χ2n) is 3.14. The summed E-state index contributed by atoms with van der Waals surface area (Å²) in [5.41, 5.74) is 0. The van der Waals surface area contributed by atoms with Gasteiger partial charge in [0.2, 0.25) is 0 Å². The Morgan fingerprint density at radius 1 is 1.12 bits per heavy atom. The van der Waals surface area contributed by atoms with E-state index in [0.29, 0.717) is 5.41 Å². The molecule has 1 aromatic carbocycles. The van der Waals surface area contributed by atoms with Gasteiger partial charge in [-0.15, -0.1) is 0 Å². The first-order chi connectivity index (χ1) is 7.74. The fourth-order valence-electron chi connectivity index (χ4n) is 0.884. The second kappa shape index (κ2) is 4.99. The van der Waals surface area contributed by atoms with Crippen LogP contribution in [0.3, 0.4) is 0 Å². The van der Waals surface area contributed by atoms with Crippen molar-refractivity contribution in [3.8, 4) is 0 Å². The summed E-state index contributed by atoms with van der Waals surface area (Å²) in [6.45, 7) is 0. The zero-order valence-corrected chi connectivity index (χ0v) is 9.20. The molecule has 0 spiro atoms. The largest absolute Gasteiger partial charge is 0.447 e. The minimum Gasteiger partial charge on any atom is -0.355 e. The summed E-state index contributed by atoms with van der Waals surface area (Å²) in [7, 11) is -1.87. The van der Waals surface area contributed by atoms with Gasteiger partial charge in [0.05, 0.1) is 10.8 Å². The van der Waals surface area contributed by atoms with Gasteiger partial charge in [-0.3, -0.25) is 0 Å². The average Bonchev–Trinajstić information content (AvgIpc) is 2.25. The van der Waals surface area contributed by atoms with Crippen LogP contribution in [0.1, 0.15) is 0 Å². The Morgan fingerprint density at radius 3 is 2.12 bits per heavy atom. The number of benzene rings is 1. The van der Waals surface area contributed by atoms with Gasteiger partial charge < -0.3 is 10.2 Å². The Bertz CT molecular complexity index is 426. The van der Waals surface area contributed by atoms with E-state index in [1.165, 1.54) is 12.1 Å². The number of alkyl halides is 3. The Balaban J connectivity index is 2.83. The molecule has 0 saturated carbocycles. The van der Waals surface area contributed by atoms with E-state index in [4.69, 9.17) is 10.2 Å². The van der Waals surface area contributed by atoms with Crippen LogP contribution in [0.2, 0.25) is 0 Å². The third kappa shape index (κ3) is 3.65. The van der Waals surface area contributed by atoms with Gasteiger partial charge in [-0.25, -0.2) is 4.21 Å². The van der Waals surface area contributed by atoms with Gasteiger partial charge >= 0.3 is 6.18 Å². The molecule has 0 aromatic heterocycles. The molecule has 0 aliphatic rings. The summed E-state index contributed by atoms with van der Waals surface area (Å²) in [6, 6.07) is 7.68. The van der Waals surface area contributed by atoms with E-state index in [9.17, 15) is 17.4 Å². The van der Waals surface area contributed by atoms with Crippen molar-refractivity contribution in [2.75, 3.05) is 0 Å². The Labute approximate surface area is 97.7 Å². The molecule has 2 N–H and O–H groups in total. The van der Waals surface area contributed by atoms with Crippen molar-refractivity contribution in [2.45, 2.75) is 16.9 Å². The fourth-order valence-corrected chi connectivity index (χ4v) is 1.78. The van der Waals surface area contributed by atoms with E-state index in [1.54, 1.807) is 18.2 Å². The molecule has 0 heterocycles. The van der Waals surface area contributed by atoms with Crippen LogP contribution in [-0.2, 0) is 10.8 Å². The maximum absolute atomic E-state index is 12.0. The standard InChI is InChI=1S/C10H9F3O3S/c11-10(12,13)9(14,15)6-7-17(16)8-4-2-1-3-5-8/h1-7,14-15H/b7-6+. The summed E-state index contributed by atoms with van der Waals surface area (Å²) in [6.07, 6.45) is -5.18. The minimum absolute atomic E-state index is 0.0517. The zero-order chi connectivity index (χ0) is 13.1. The lowest BCUT2D eigenvalue weighted by molar-refractivity contribution is -0.323. The highest BCUT2D eigenvalue weighted by Gasteiger charge is 2.51. The normalized spacial score (nSPS) is 15.1. The van der Waals surface area contributed by atoms with Crippen LogP contribution in [0.15, 0.2) is 46.7 Å². The molecule has 17 heavy (non-hydrogen) atoms. The van der Waals surface area contributed by atoms with E-state index in [2.05, 4.69) is 0 Å². The van der Waals surface area contributed by atoms with E-state index in [1.807, 2.05) is 0 Å². The maximum atomic E-state index is 12.0. The van der Waals surface area contributed by atoms with Crippen LogP contribution in [0.25, 0.3) is 0 Å². The molecule has 1 atom stereocenters. The Hall–Kier alpha value is -1.18. The lowest BCUT2D eigenvalue weighted by atomic mass is 10.3. The predicted molar refractivity (Wildman–Crippen MR) is 55.2 cm³/mol. The first-order valence-electron chi connectivity index (χ1n) is 4.40. The summed E-state index contributed by atoms with van der Waals surface area (Å²) < 4.78 is 47.6. The average molecular weight is 266 g/mol. The summed E-state index contributed by atoms with van der Waals surface area (Å²) in [4.78, 5) is 0.265. The molecule has 0 fully saturated rings. The molecule has 0 saturated heterocycles. The van der Waals surface area contributed by atoms with Crippen molar-refractivity contribution in [2.24, 2.45) is 0 Å². The van der Waals surface area contributed by atoms with Crippen LogP contribution in [-0.4, -0.2) is 26.4 Å². The molecule has 1 unspecified atom stereocenters. The predicted octanol–water partition coefficient (Wildman–Crippen LogP) is 1.55. The topological polar surface area (TPSA) is 57.5 Å². The van der Waals surface area contributed by atoms with Gasteiger partial charge in [-0.2, -0.15) is 13.2 Å². The van der Waals surface area contributed by atoms with Crippen LogP contribution in [0, 0.1) is 0 Å². The summed E-state index contributed by atoms with van der Waals surface area (Å²) in [5.74, 6) is -3.97. The van der Waals surface area contributed by atoms with Gasteiger partial charge in [0, 0.05) is 10.3 Å². The molecule has 0 amide bonds. The summed E-state index contributed by atoms with van der Waals surface area (Å²) in [5, 5.41) is 17.9. The lowest BCUT2D eigenvalue weighted by Gasteiger charge is -2.20. The molecule has 1 aromatic rings. The Morgan fingerprint density at radius 2 is 1.65 bits per heavy atom. The van der Waals surface area contributed by atoms with Crippen LogP contribution >= 0.6 is 0 Å². The third-order valence-electron chi connectivity index (χ3n) is 1.82. The van der Waals surface area contributed by atoms with E-state index in [-0.39, 0.29) is 11.0 Å². The van der Waals surface area contributed by atoms with Crippen molar-refractivity contribution in [3.05, 3.63) is 41.8 Å². The molecule has 3 nitrogen and oxygen atoms in total. The number of rotatable bonds is 3. The van der Waals surface area contributed by atoms with Gasteiger partial charge in [-0.1, -0.05) is 18.2 Å². The molecular formula is C10H9F3O3S. The molecule has 94 valence electrons. The van der Waals surface area contributed by atoms with Gasteiger partial charge in [0.25, 0.3) is 5.79 Å². The van der Waals surface area contributed by atoms with E-state index < -0.39 is 22.8 Å². The van der Waals surface area contributed by atoms with Crippen LogP contribution in [0.5, 0.6) is 0 Å². The van der Waals surface area contributed by atoms with Crippen molar-refractivity contribution >= 4 is 10.8 Å². The maximum Gasteiger partial charge on any atom is 0.447 e. The SMILES string of the molecule is O=S(/C=C/C(O)(O)C(F)(F)F)c1ccccc1. The molecule has 0 radical (unpaired) electrons. The van der Waals surface area contributed by atoms with Crippen molar-refractivity contribution in [3.63, 3.8) is 0 Å². The third-order valence-corrected chi connectivity index (χ3v) is 2.94. The van der Waals surface area contributed by atoms with Crippen molar-refractivity contribution < 1.29 is 27.6 Å².